The average Bonchev–Trinajstić information content (AvgIpc) is 2.53. The lowest BCUT2D eigenvalue weighted by Gasteiger charge is -2.13. The summed E-state index contributed by atoms with van der Waals surface area (Å²) in [4.78, 5) is 12.6. The van der Waals surface area contributed by atoms with E-state index in [0.29, 0.717) is 12.1 Å². The Morgan fingerprint density at radius 2 is 1.80 bits per heavy atom. The summed E-state index contributed by atoms with van der Waals surface area (Å²) in [6.45, 7) is 5.88. The largest absolute Gasteiger partial charge is 0.322 e. The fourth-order valence-electron chi connectivity index (χ4n) is 2.30. The predicted octanol–water partition coefficient (Wildman–Crippen LogP) is 4.04. The molecule has 0 bridgehead atoms. The third-order valence-corrected chi connectivity index (χ3v) is 4.98. The Labute approximate surface area is 149 Å². The maximum absolute atomic E-state index is 12.6. The number of hydrogen-bond acceptors (Lipinski definition) is 3. The molecule has 25 heavy (non-hydrogen) atoms. The normalized spacial score (nSPS) is 11.4. The topological polar surface area (TPSA) is 75.3 Å². The van der Waals surface area contributed by atoms with Gasteiger partial charge in [-0.1, -0.05) is 38.1 Å². The highest BCUT2D eigenvalue weighted by Gasteiger charge is 2.17. The molecule has 0 saturated carbocycles. The first kappa shape index (κ1) is 19.0. The molecule has 0 aliphatic rings. The summed E-state index contributed by atoms with van der Waals surface area (Å²) in [5.41, 5.74) is 2.27. The van der Waals surface area contributed by atoms with Crippen molar-refractivity contribution in [2.45, 2.75) is 27.2 Å². The van der Waals surface area contributed by atoms with E-state index in [-0.39, 0.29) is 28.8 Å². The first-order chi connectivity index (χ1) is 11.8. The van der Waals surface area contributed by atoms with Gasteiger partial charge in [0.2, 0.25) is 10.0 Å². The summed E-state index contributed by atoms with van der Waals surface area (Å²) in [5, 5.41) is 2.80. The fraction of sp³-hybridized carbons (Fsp3) is 0.316. The lowest BCUT2D eigenvalue weighted by molar-refractivity contribution is 0.102. The molecule has 5 nitrogen and oxygen atoms in total. The molecule has 6 heteroatoms. The second-order valence-electron chi connectivity index (χ2n) is 6.47. The predicted molar refractivity (Wildman–Crippen MR) is 102 cm³/mol. The van der Waals surface area contributed by atoms with Crippen LogP contribution >= 0.6 is 0 Å². The number of hydrogen-bond donors (Lipinski definition) is 2. The highest BCUT2D eigenvalue weighted by molar-refractivity contribution is 7.92. The van der Waals surface area contributed by atoms with Crippen molar-refractivity contribution in [3.63, 3.8) is 0 Å². The molecule has 0 heterocycles. The zero-order valence-electron chi connectivity index (χ0n) is 14.7. The van der Waals surface area contributed by atoms with Gasteiger partial charge in [0.25, 0.3) is 5.91 Å². The maximum atomic E-state index is 12.6. The molecule has 0 saturated heterocycles. The summed E-state index contributed by atoms with van der Waals surface area (Å²) < 4.78 is 27.0. The number of amides is 1. The van der Waals surface area contributed by atoms with Gasteiger partial charge in [-0.15, -0.1) is 0 Å². The van der Waals surface area contributed by atoms with Crippen LogP contribution in [0, 0.1) is 12.8 Å². The van der Waals surface area contributed by atoms with Gasteiger partial charge in [0.05, 0.1) is 17.0 Å². The van der Waals surface area contributed by atoms with Crippen LogP contribution < -0.4 is 10.0 Å². The minimum absolute atomic E-state index is 0.0263. The summed E-state index contributed by atoms with van der Waals surface area (Å²) in [7, 11) is -3.50. The molecule has 2 N–H and O–H groups in total. The molecule has 0 spiro atoms. The lowest BCUT2D eigenvalue weighted by Crippen LogP contribution is -2.21. The average molecular weight is 360 g/mol. The molecule has 2 rings (SSSR count). The SMILES string of the molecule is Cc1cccc(NC(=O)c2ccccc2NS(=O)(=O)CCC(C)C)c1. The number of carbonyl (C=O) groups is 1. The third kappa shape index (κ3) is 5.90. The Hall–Kier alpha value is -2.34. The van der Waals surface area contributed by atoms with Crippen LogP contribution in [-0.2, 0) is 10.0 Å². The van der Waals surface area contributed by atoms with Gasteiger partial charge in [-0.3, -0.25) is 9.52 Å². The van der Waals surface area contributed by atoms with Crippen LogP contribution in [0.15, 0.2) is 48.5 Å². The first-order valence-electron chi connectivity index (χ1n) is 8.24. The first-order valence-corrected chi connectivity index (χ1v) is 9.89. The zero-order chi connectivity index (χ0) is 18.4. The monoisotopic (exact) mass is 360 g/mol. The van der Waals surface area contributed by atoms with Gasteiger partial charge in [-0.2, -0.15) is 0 Å². The number of para-hydroxylation sites is 1. The van der Waals surface area contributed by atoms with Crippen molar-refractivity contribution in [2.75, 3.05) is 15.8 Å². The van der Waals surface area contributed by atoms with E-state index in [2.05, 4.69) is 10.0 Å². The van der Waals surface area contributed by atoms with Crippen LogP contribution in [0.3, 0.4) is 0 Å². The summed E-state index contributed by atoms with van der Waals surface area (Å²) in [5.74, 6) is -0.0393. The van der Waals surface area contributed by atoms with Crippen LogP contribution in [0.2, 0.25) is 0 Å². The van der Waals surface area contributed by atoms with Crippen molar-refractivity contribution in [3.05, 3.63) is 59.7 Å². The van der Waals surface area contributed by atoms with Crippen LogP contribution in [0.4, 0.5) is 11.4 Å². The molecule has 134 valence electrons. The summed E-state index contributed by atoms with van der Waals surface area (Å²) in [6, 6.07) is 14.0. The maximum Gasteiger partial charge on any atom is 0.257 e. The van der Waals surface area contributed by atoms with Gasteiger partial charge in [-0.25, -0.2) is 8.42 Å². The van der Waals surface area contributed by atoms with Crippen LogP contribution in [0.1, 0.15) is 36.2 Å². The number of benzene rings is 2. The van der Waals surface area contributed by atoms with E-state index in [4.69, 9.17) is 0 Å². The van der Waals surface area contributed by atoms with Crippen molar-refractivity contribution in [1.82, 2.24) is 0 Å². The van der Waals surface area contributed by atoms with Crippen molar-refractivity contribution >= 4 is 27.3 Å². The second kappa shape index (κ2) is 8.16. The number of anilines is 2. The standard InChI is InChI=1S/C19H24N2O3S/c1-14(2)11-12-25(23,24)21-18-10-5-4-9-17(18)19(22)20-16-8-6-7-15(3)13-16/h4-10,13-14,21H,11-12H2,1-3H3,(H,20,22). The fourth-order valence-corrected chi connectivity index (χ4v) is 3.70. The molecule has 0 aliphatic heterocycles. The molecular formula is C19H24N2O3S. The van der Waals surface area contributed by atoms with Gasteiger partial charge < -0.3 is 5.32 Å². The van der Waals surface area contributed by atoms with Crippen molar-refractivity contribution < 1.29 is 13.2 Å². The molecule has 0 aliphatic carbocycles. The minimum atomic E-state index is -3.50. The van der Waals surface area contributed by atoms with Gasteiger partial charge in [0.1, 0.15) is 0 Å². The Morgan fingerprint density at radius 1 is 1.08 bits per heavy atom. The molecule has 2 aromatic carbocycles. The van der Waals surface area contributed by atoms with Gasteiger partial charge >= 0.3 is 0 Å². The van der Waals surface area contributed by atoms with Gasteiger partial charge in [0, 0.05) is 5.69 Å². The van der Waals surface area contributed by atoms with E-state index in [1.54, 1.807) is 30.3 Å². The Balaban J connectivity index is 2.18. The zero-order valence-corrected chi connectivity index (χ0v) is 15.6. The molecule has 0 unspecified atom stereocenters. The smallest absolute Gasteiger partial charge is 0.257 e. The minimum Gasteiger partial charge on any atom is -0.322 e. The molecule has 0 radical (unpaired) electrons. The lowest BCUT2D eigenvalue weighted by atomic mass is 10.1. The Bertz CT molecular complexity index is 845. The van der Waals surface area contributed by atoms with Crippen LogP contribution in [-0.4, -0.2) is 20.1 Å². The Morgan fingerprint density at radius 3 is 2.48 bits per heavy atom. The number of aryl methyl sites for hydroxylation is 1. The van der Waals surface area contributed by atoms with Crippen molar-refractivity contribution in [1.29, 1.82) is 0 Å². The van der Waals surface area contributed by atoms with E-state index >= 15 is 0 Å². The number of rotatable bonds is 7. The highest BCUT2D eigenvalue weighted by Crippen LogP contribution is 2.20. The molecular weight excluding hydrogens is 336 g/mol. The van der Waals surface area contributed by atoms with Crippen LogP contribution in [0.5, 0.6) is 0 Å². The van der Waals surface area contributed by atoms with E-state index < -0.39 is 10.0 Å². The quantitative estimate of drug-likeness (QED) is 0.782. The van der Waals surface area contributed by atoms with E-state index in [1.807, 2.05) is 39.0 Å². The number of carbonyl (C=O) groups excluding carboxylic acids is 1. The van der Waals surface area contributed by atoms with E-state index in [0.717, 1.165) is 5.56 Å². The molecule has 2 aromatic rings. The third-order valence-electron chi connectivity index (χ3n) is 3.68. The van der Waals surface area contributed by atoms with E-state index in [1.165, 1.54) is 0 Å². The van der Waals surface area contributed by atoms with Crippen molar-refractivity contribution in [2.24, 2.45) is 5.92 Å². The van der Waals surface area contributed by atoms with Crippen molar-refractivity contribution in [3.8, 4) is 0 Å². The number of nitrogens with one attached hydrogen (secondary N) is 2. The Kier molecular flexibility index (Phi) is 6.20. The molecule has 0 fully saturated rings. The van der Waals surface area contributed by atoms with Gasteiger partial charge in [0.15, 0.2) is 0 Å². The number of sulfonamides is 1. The molecule has 1 amide bonds. The molecule has 0 aromatic heterocycles. The summed E-state index contributed by atoms with van der Waals surface area (Å²) in [6.07, 6.45) is 0.562. The molecule has 0 atom stereocenters. The second-order valence-corrected chi connectivity index (χ2v) is 8.31. The summed E-state index contributed by atoms with van der Waals surface area (Å²) >= 11 is 0. The van der Waals surface area contributed by atoms with Crippen LogP contribution in [0.25, 0.3) is 0 Å². The van der Waals surface area contributed by atoms with Gasteiger partial charge in [-0.05, 0) is 49.1 Å². The van der Waals surface area contributed by atoms with E-state index in [9.17, 15) is 13.2 Å². The highest BCUT2D eigenvalue weighted by atomic mass is 32.2.